The summed E-state index contributed by atoms with van der Waals surface area (Å²) in [6, 6.07) is 0. The quantitative estimate of drug-likeness (QED) is 0.418. The van der Waals surface area contributed by atoms with Gasteiger partial charge in [-0.25, -0.2) is 0 Å². The van der Waals surface area contributed by atoms with Gasteiger partial charge in [-0.15, -0.1) is 0 Å². The number of ether oxygens (including phenoxy) is 1. The lowest BCUT2D eigenvalue weighted by atomic mass is 9.85. The van der Waals surface area contributed by atoms with E-state index in [0.29, 0.717) is 0 Å². The summed E-state index contributed by atoms with van der Waals surface area (Å²) in [5.74, 6) is 0. The predicted octanol–water partition coefficient (Wildman–Crippen LogP) is 4.23. The van der Waals surface area contributed by atoms with Crippen LogP contribution in [0.5, 0.6) is 0 Å². The first-order valence-corrected chi connectivity index (χ1v) is 9.64. The Morgan fingerprint density at radius 1 is 1.35 bits per heavy atom. The van der Waals surface area contributed by atoms with Crippen molar-refractivity contribution >= 4 is 8.32 Å². The van der Waals surface area contributed by atoms with Crippen LogP contribution >= 0.6 is 0 Å². The van der Waals surface area contributed by atoms with Gasteiger partial charge in [0.25, 0.3) is 0 Å². The average molecular weight is 254 g/mol. The van der Waals surface area contributed by atoms with Gasteiger partial charge in [0, 0.05) is 0 Å². The van der Waals surface area contributed by atoms with Gasteiger partial charge in [-0.1, -0.05) is 27.4 Å². The first-order valence-electron chi connectivity index (χ1n) is 6.73. The van der Waals surface area contributed by atoms with E-state index >= 15 is 0 Å². The molecule has 2 rings (SSSR count). The minimum Gasteiger partial charge on any atom is -0.390 e. The molecule has 1 spiro atoms. The molecule has 0 bridgehead atoms. The van der Waals surface area contributed by atoms with E-state index in [2.05, 4.69) is 40.4 Å². The Bertz CT molecular complexity index is 330. The molecule has 0 aromatic carbocycles. The standard InChI is InChI=1S/C14H26O2Si/c1-11-9-7-8-10-14(11)12(15-14)16-17(5,6)13(2,3)4/h12H,1,7-10H2,2-6H3. The van der Waals surface area contributed by atoms with Crippen molar-refractivity contribution in [2.45, 2.75) is 76.5 Å². The Morgan fingerprint density at radius 2 is 2.00 bits per heavy atom. The lowest BCUT2D eigenvalue weighted by Gasteiger charge is -2.36. The summed E-state index contributed by atoms with van der Waals surface area (Å²) in [7, 11) is -1.71. The van der Waals surface area contributed by atoms with E-state index in [1.54, 1.807) is 0 Å². The topological polar surface area (TPSA) is 21.8 Å². The summed E-state index contributed by atoms with van der Waals surface area (Å²) in [6.07, 6.45) is 4.71. The Balaban J connectivity index is 2.02. The molecule has 0 aromatic rings. The summed E-state index contributed by atoms with van der Waals surface area (Å²) in [4.78, 5) is 0. The molecule has 1 heterocycles. The zero-order chi connectivity index (χ0) is 12.9. The molecule has 2 atom stereocenters. The predicted molar refractivity (Wildman–Crippen MR) is 73.5 cm³/mol. The van der Waals surface area contributed by atoms with Crippen LogP contribution in [0.2, 0.25) is 18.1 Å². The number of hydrogen-bond donors (Lipinski definition) is 0. The van der Waals surface area contributed by atoms with Crippen LogP contribution < -0.4 is 0 Å². The first kappa shape index (κ1) is 13.3. The SMILES string of the molecule is C=C1CCCCC12OC2O[Si](C)(C)C(C)(C)C. The monoisotopic (exact) mass is 254 g/mol. The van der Waals surface area contributed by atoms with Crippen molar-refractivity contribution in [3.63, 3.8) is 0 Å². The van der Waals surface area contributed by atoms with Gasteiger partial charge in [-0.3, -0.25) is 0 Å². The fourth-order valence-electron chi connectivity index (χ4n) is 2.26. The molecule has 1 aliphatic carbocycles. The highest BCUT2D eigenvalue weighted by molar-refractivity contribution is 6.74. The number of hydrogen-bond acceptors (Lipinski definition) is 2. The maximum atomic E-state index is 6.33. The molecule has 17 heavy (non-hydrogen) atoms. The van der Waals surface area contributed by atoms with Gasteiger partial charge in [0.1, 0.15) is 5.60 Å². The van der Waals surface area contributed by atoms with Crippen LogP contribution in [0.1, 0.15) is 46.5 Å². The summed E-state index contributed by atoms with van der Waals surface area (Å²) < 4.78 is 12.2. The van der Waals surface area contributed by atoms with Crippen molar-refractivity contribution in [1.29, 1.82) is 0 Å². The van der Waals surface area contributed by atoms with Crippen molar-refractivity contribution in [3.05, 3.63) is 12.2 Å². The smallest absolute Gasteiger partial charge is 0.195 e. The summed E-state index contributed by atoms with van der Waals surface area (Å²) in [5, 5.41) is 0.246. The van der Waals surface area contributed by atoms with Gasteiger partial charge in [0.15, 0.2) is 14.6 Å². The van der Waals surface area contributed by atoms with Crippen molar-refractivity contribution in [3.8, 4) is 0 Å². The van der Waals surface area contributed by atoms with E-state index in [1.165, 1.54) is 18.4 Å². The zero-order valence-electron chi connectivity index (χ0n) is 11.9. The Morgan fingerprint density at radius 3 is 2.53 bits per heavy atom. The second-order valence-electron chi connectivity index (χ2n) is 7.03. The summed E-state index contributed by atoms with van der Waals surface area (Å²) >= 11 is 0. The van der Waals surface area contributed by atoms with Crippen LogP contribution in [0.3, 0.4) is 0 Å². The van der Waals surface area contributed by atoms with Gasteiger partial charge < -0.3 is 9.16 Å². The van der Waals surface area contributed by atoms with Gasteiger partial charge >= 0.3 is 0 Å². The van der Waals surface area contributed by atoms with Crippen LogP contribution in [0, 0.1) is 0 Å². The highest BCUT2D eigenvalue weighted by Crippen LogP contribution is 2.53. The molecule has 0 amide bonds. The van der Waals surface area contributed by atoms with E-state index in [4.69, 9.17) is 9.16 Å². The number of rotatable bonds is 2. The molecular weight excluding hydrogens is 228 g/mol. The van der Waals surface area contributed by atoms with Crippen LogP contribution in [-0.4, -0.2) is 20.2 Å². The fraction of sp³-hybridized carbons (Fsp3) is 0.857. The third-order valence-electron chi connectivity index (χ3n) is 4.72. The van der Waals surface area contributed by atoms with Gasteiger partial charge in [0.2, 0.25) is 0 Å². The second kappa shape index (κ2) is 3.94. The van der Waals surface area contributed by atoms with E-state index in [-0.39, 0.29) is 16.9 Å². The van der Waals surface area contributed by atoms with Gasteiger partial charge in [-0.05, 0) is 49.4 Å². The molecule has 0 aromatic heterocycles. The highest BCUT2D eigenvalue weighted by Gasteiger charge is 2.62. The largest absolute Gasteiger partial charge is 0.390 e. The van der Waals surface area contributed by atoms with Crippen LogP contribution in [0.25, 0.3) is 0 Å². The van der Waals surface area contributed by atoms with Crippen molar-refractivity contribution in [2.24, 2.45) is 0 Å². The van der Waals surface area contributed by atoms with Crippen molar-refractivity contribution in [2.75, 3.05) is 0 Å². The minimum atomic E-state index is -1.71. The normalized spacial score (nSPS) is 34.2. The Kier molecular flexibility index (Phi) is 3.08. The Labute approximate surface area is 107 Å². The molecule has 1 saturated heterocycles. The van der Waals surface area contributed by atoms with Crippen LogP contribution in [0.15, 0.2) is 12.2 Å². The van der Waals surface area contributed by atoms with E-state index in [9.17, 15) is 0 Å². The Hall–Kier alpha value is -0.123. The maximum Gasteiger partial charge on any atom is 0.195 e. The summed E-state index contributed by atoms with van der Waals surface area (Å²) in [5.41, 5.74) is 1.15. The average Bonchev–Trinajstić information content (AvgIpc) is 2.83. The summed E-state index contributed by atoms with van der Waals surface area (Å²) in [6.45, 7) is 15.6. The van der Waals surface area contributed by atoms with Crippen LogP contribution in [-0.2, 0) is 9.16 Å². The molecule has 98 valence electrons. The van der Waals surface area contributed by atoms with Gasteiger partial charge in [-0.2, -0.15) is 0 Å². The molecule has 1 saturated carbocycles. The minimum absolute atomic E-state index is 0.00353. The molecular formula is C14H26O2Si. The third kappa shape index (κ3) is 2.25. The molecule has 2 aliphatic rings. The molecule has 3 heteroatoms. The molecule has 0 radical (unpaired) electrons. The molecule has 2 unspecified atom stereocenters. The second-order valence-corrected chi connectivity index (χ2v) is 11.8. The molecule has 0 N–H and O–H groups in total. The van der Waals surface area contributed by atoms with E-state index in [0.717, 1.165) is 12.8 Å². The van der Waals surface area contributed by atoms with Gasteiger partial charge in [0.05, 0.1) is 0 Å². The third-order valence-corrected chi connectivity index (χ3v) is 9.14. The lowest BCUT2D eigenvalue weighted by Crippen LogP contribution is -2.43. The van der Waals surface area contributed by atoms with E-state index in [1.807, 2.05) is 0 Å². The van der Waals surface area contributed by atoms with Crippen LogP contribution in [0.4, 0.5) is 0 Å². The molecule has 1 aliphatic heterocycles. The lowest BCUT2D eigenvalue weighted by molar-refractivity contribution is 0.160. The zero-order valence-corrected chi connectivity index (χ0v) is 12.9. The molecule has 2 fully saturated rings. The van der Waals surface area contributed by atoms with Crippen molar-refractivity contribution in [1.82, 2.24) is 0 Å². The maximum absolute atomic E-state index is 6.33. The van der Waals surface area contributed by atoms with Crippen molar-refractivity contribution < 1.29 is 9.16 Å². The number of epoxide rings is 1. The fourth-order valence-corrected chi connectivity index (χ4v) is 3.39. The first-order chi connectivity index (χ1) is 7.69. The molecule has 2 nitrogen and oxygen atoms in total. The highest BCUT2D eigenvalue weighted by atomic mass is 28.4. The van der Waals surface area contributed by atoms with E-state index < -0.39 is 8.32 Å².